The number of hydrogen-bond acceptors (Lipinski definition) is 2. The molecule has 0 heterocycles. The van der Waals surface area contributed by atoms with Crippen molar-refractivity contribution in [1.82, 2.24) is 0 Å². The fraction of sp³-hybridized carbons (Fsp3) is 0.250. The average molecular weight is 207 g/mol. The summed E-state index contributed by atoms with van der Waals surface area (Å²) in [7, 11) is 0. The summed E-state index contributed by atoms with van der Waals surface area (Å²) in [5, 5.41) is -1.25. The summed E-state index contributed by atoms with van der Waals surface area (Å²) in [6, 6.07) is 0. The number of allylic oxidation sites excluding steroid dienone is 4. The summed E-state index contributed by atoms with van der Waals surface area (Å²) in [6.07, 6.45) is 4.68. The number of carbonyl (C=O) groups is 2. The van der Waals surface area contributed by atoms with E-state index in [1.54, 1.807) is 19.1 Å². The molecule has 0 unspecified atom stereocenters. The van der Waals surface area contributed by atoms with Crippen LogP contribution in [0.25, 0.3) is 0 Å². The molecule has 0 aromatic carbocycles. The van der Waals surface area contributed by atoms with Crippen molar-refractivity contribution in [2.24, 2.45) is 0 Å². The van der Waals surface area contributed by atoms with Gasteiger partial charge in [-0.1, -0.05) is 18.2 Å². The molecule has 0 aromatic heterocycles. The molecular formula is C8H8Cl2O2. The van der Waals surface area contributed by atoms with Crippen LogP contribution in [0.5, 0.6) is 0 Å². The lowest BCUT2D eigenvalue weighted by Gasteiger charge is -1.94. The van der Waals surface area contributed by atoms with E-state index in [4.69, 9.17) is 23.2 Å². The second-order valence-electron chi connectivity index (χ2n) is 2.02. The van der Waals surface area contributed by atoms with E-state index in [-0.39, 0.29) is 12.0 Å². The Bertz CT molecular complexity index is 241. The van der Waals surface area contributed by atoms with Crippen LogP contribution in [0.1, 0.15) is 13.3 Å². The minimum absolute atomic E-state index is 0.131. The Morgan fingerprint density at radius 3 is 2.25 bits per heavy atom. The molecule has 0 N–H and O–H groups in total. The summed E-state index contributed by atoms with van der Waals surface area (Å²) >= 11 is 10.3. The lowest BCUT2D eigenvalue weighted by Crippen LogP contribution is -1.97. The molecule has 12 heavy (non-hydrogen) atoms. The lowest BCUT2D eigenvalue weighted by molar-refractivity contribution is -0.113. The van der Waals surface area contributed by atoms with E-state index < -0.39 is 10.5 Å². The maximum Gasteiger partial charge on any atom is 0.248 e. The van der Waals surface area contributed by atoms with Crippen LogP contribution in [0.4, 0.5) is 0 Å². The zero-order valence-electron chi connectivity index (χ0n) is 6.51. The first kappa shape index (κ1) is 11.4. The van der Waals surface area contributed by atoms with Crippen molar-refractivity contribution >= 4 is 33.7 Å². The lowest BCUT2D eigenvalue weighted by atomic mass is 10.2. The van der Waals surface area contributed by atoms with Gasteiger partial charge in [0.15, 0.2) is 0 Å². The number of carbonyl (C=O) groups excluding carboxylic acids is 2. The Morgan fingerprint density at radius 1 is 1.33 bits per heavy atom. The molecule has 0 saturated carbocycles. The molecule has 0 aromatic rings. The van der Waals surface area contributed by atoms with Crippen LogP contribution in [0, 0.1) is 0 Å². The van der Waals surface area contributed by atoms with Gasteiger partial charge in [-0.05, 0) is 30.1 Å². The number of hydrogen-bond donors (Lipinski definition) is 0. The largest absolute Gasteiger partial charge is 0.281 e. The molecule has 66 valence electrons. The SMILES string of the molecule is C/C=C\C=C(/CC(=O)Cl)C(=O)Cl. The smallest absolute Gasteiger partial charge is 0.248 e. The monoisotopic (exact) mass is 206 g/mol. The van der Waals surface area contributed by atoms with E-state index in [9.17, 15) is 9.59 Å². The predicted octanol–water partition coefficient (Wildman–Crippen LogP) is 2.41. The van der Waals surface area contributed by atoms with E-state index in [0.717, 1.165) is 0 Å². The Balaban J connectivity index is 4.43. The number of rotatable bonds is 4. The highest BCUT2D eigenvalue weighted by Crippen LogP contribution is 2.08. The molecule has 0 saturated heterocycles. The van der Waals surface area contributed by atoms with Crippen LogP contribution in [-0.4, -0.2) is 10.5 Å². The van der Waals surface area contributed by atoms with Crippen molar-refractivity contribution in [2.75, 3.05) is 0 Å². The van der Waals surface area contributed by atoms with Crippen molar-refractivity contribution in [1.29, 1.82) is 0 Å². The molecule has 0 rings (SSSR count). The Hall–Kier alpha value is -0.600. The molecule has 0 fully saturated rings. The Morgan fingerprint density at radius 2 is 1.92 bits per heavy atom. The third kappa shape index (κ3) is 5.10. The fourth-order valence-corrected chi connectivity index (χ4v) is 0.830. The molecule has 0 amide bonds. The van der Waals surface area contributed by atoms with E-state index in [2.05, 4.69) is 0 Å². The fourth-order valence-electron chi connectivity index (χ4n) is 0.556. The van der Waals surface area contributed by atoms with Crippen molar-refractivity contribution in [3.63, 3.8) is 0 Å². The van der Waals surface area contributed by atoms with Gasteiger partial charge in [0.05, 0.1) is 6.42 Å². The second-order valence-corrected chi connectivity index (χ2v) is 2.79. The molecule has 0 bridgehead atoms. The molecule has 2 nitrogen and oxygen atoms in total. The molecule has 0 radical (unpaired) electrons. The molecule has 0 spiro atoms. The molecule has 0 atom stereocenters. The predicted molar refractivity (Wildman–Crippen MR) is 49.2 cm³/mol. The van der Waals surface area contributed by atoms with E-state index >= 15 is 0 Å². The average Bonchev–Trinajstić information content (AvgIpc) is 1.96. The van der Waals surface area contributed by atoms with Crippen LogP contribution in [0.2, 0.25) is 0 Å². The minimum atomic E-state index is -0.651. The van der Waals surface area contributed by atoms with Crippen molar-refractivity contribution in [3.05, 3.63) is 23.8 Å². The maximum absolute atomic E-state index is 10.6. The zero-order valence-corrected chi connectivity index (χ0v) is 8.02. The molecule has 0 aliphatic rings. The van der Waals surface area contributed by atoms with E-state index in [1.165, 1.54) is 6.08 Å². The summed E-state index contributed by atoms with van der Waals surface area (Å²) in [4.78, 5) is 21.0. The standard InChI is InChI=1S/C8H8Cl2O2/c1-2-3-4-6(8(10)12)5-7(9)11/h2-4H,5H2,1H3/b3-2-,6-4+. The Kier molecular flexibility index (Phi) is 5.68. The molecule has 0 aliphatic heterocycles. The maximum atomic E-state index is 10.6. The topological polar surface area (TPSA) is 34.1 Å². The Labute approximate surface area is 80.8 Å². The van der Waals surface area contributed by atoms with Gasteiger partial charge in [-0.3, -0.25) is 9.59 Å². The third-order valence-corrected chi connectivity index (χ3v) is 1.45. The van der Waals surface area contributed by atoms with Crippen molar-refractivity contribution in [2.45, 2.75) is 13.3 Å². The van der Waals surface area contributed by atoms with Crippen LogP contribution < -0.4 is 0 Å². The summed E-state index contributed by atoms with van der Waals surface area (Å²) in [5.41, 5.74) is 0.203. The quantitative estimate of drug-likeness (QED) is 0.403. The molecule has 0 aliphatic carbocycles. The highest BCUT2D eigenvalue weighted by atomic mass is 35.5. The van der Waals surface area contributed by atoms with E-state index in [0.29, 0.717) is 0 Å². The normalized spacial score (nSPS) is 12.1. The van der Waals surface area contributed by atoms with Gasteiger partial charge in [-0.15, -0.1) is 0 Å². The van der Waals surface area contributed by atoms with Gasteiger partial charge >= 0.3 is 0 Å². The first-order chi connectivity index (χ1) is 5.57. The molecular weight excluding hydrogens is 199 g/mol. The van der Waals surface area contributed by atoms with E-state index in [1.807, 2.05) is 0 Å². The number of halogens is 2. The zero-order chi connectivity index (χ0) is 9.56. The van der Waals surface area contributed by atoms with Gasteiger partial charge < -0.3 is 0 Å². The van der Waals surface area contributed by atoms with Gasteiger partial charge in [0, 0.05) is 5.57 Å². The van der Waals surface area contributed by atoms with Crippen LogP contribution in [0.3, 0.4) is 0 Å². The minimum Gasteiger partial charge on any atom is -0.281 e. The van der Waals surface area contributed by atoms with Gasteiger partial charge in [0.25, 0.3) is 0 Å². The van der Waals surface area contributed by atoms with Gasteiger partial charge in [-0.25, -0.2) is 0 Å². The van der Waals surface area contributed by atoms with Crippen LogP contribution in [0.15, 0.2) is 23.8 Å². The summed E-state index contributed by atoms with van der Waals surface area (Å²) < 4.78 is 0. The first-order valence-corrected chi connectivity index (χ1v) is 4.03. The van der Waals surface area contributed by atoms with Crippen LogP contribution >= 0.6 is 23.2 Å². The summed E-state index contributed by atoms with van der Waals surface area (Å²) in [5.74, 6) is 0. The van der Waals surface area contributed by atoms with Crippen molar-refractivity contribution in [3.8, 4) is 0 Å². The van der Waals surface area contributed by atoms with Crippen molar-refractivity contribution < 1.29 is 9.59 Å². The third-order valence-electron chi connectivity index (χ3n) is 1.07. The highest BCUT2D eigenvalue weighted by Gasteiger charge is 2.08. The first-order valence-electron chi connectivity index (χ1n) is 3.28. The molecule has 4 heteroatoms. The second kappa shape index (κ2) is 5.98. The van der Waals surface area contributed by atoms with Gasteiger partial charge in [-0.2, -0.15) is 0 Å². The highest BCUT2D eigenvalue weighted by molar-refractivity contribution is 6.69. The van der Waals surface area contributed by atoms with Gasteiger partial charge in [0.1, 0.15) is 0 Å². The van der Waals surface area contributed by atoms with Crippen LogP contribution in [-0.2, 0) is 9.59 Å². The summed E-state index contributed by atoms with van der Waals surface area (Å²) in [6.45, 7) is 1.79. The van der Waals surface area contributed by atoms with Gasteiger partial charge in [0.2, 0.25) is 10.5 Å².